The Balaban J connectivity index is 1.66. The summed E-state index contributed by atoms with van der Waals surface area (Å²) in [7, 11) is 0. The highest BCUT2D eigenvalue weighted by molar-refractivity contribution is 6.07. The summed E-state index contributed by atoms with van der Waals surface area (Å²) in [5.74, 6) is 1.15. The number of rotatable bonds is 5. The molecule has 23 heavy (non-hydrogen) atoms. The summed E-state index contributed by atoms with van der Waals surface area (Å²) in [6.07, 6.45) is 2.37. The van der Waals surface area contributed by atoms with Gasteiger partial charge in [0.25, 0.3) is 5.91 Å². The van der Waals surface area contributed by atoms with Crippen molar-refractivity contribution < 1.29 is 14.1 Å². The Morgan fingerprint density at radius 3 is 2.83 bits per heavy atom. The number of imide groups is 1. The van der Waals surface area contributed by atoms with Gasteiger partial charge in [-0.3, -0.25) is 14.6 Å². The van der Waals surface area contributed by atoms with E-state index in [-0.39, 0.29) is 18.0 Å². The van der Waals surface area contributed by atoms with Crippen LogP contribution in [0, 0.1) is 0 Å². The molecule has 1 atom stereocenters. The first-order valence-electron chi connectivity index (χ1n) is 8.15. The quantitative estimate of drug-likeness (QED) is 0.811. The van der Waals surface area contributed by atoms with Crippen molar-refractivity contribution in [1.82, 2.24) is 25.3 Å². The number of likely N-dealkylation sites (tertiary alicyclic amines) is 1. The average Bonchev–Trinajstić information content (AvgIpc) is 3.13. The van der Waals surface area contributed by atoms with Gasteiger partial charge >= 0.3 is 6.03 Å². The molecule has 0 saturated carbocycles. The van der Waals surface area contributed by atoms with E-state index in [1.807, 2.05) is 13.8 Å². The number of urea groups is 1. The predicted molar refractivity (Wildman–Crippen MR) is 81.4 cm³/mol. The maximum absolute atomic E-state index is 12.6. The Hall–Kier alpha value is -1.96. The first kappa shape index (κ1) is 15.9. The molecular weight excluding hydrogens is 298 g/mol. The second kappa shape index (κ2) is 5.92. The standard InChI is InChI=1S/C15H23N5O3/c1-4-5-11-16-12(23-18-11)8-19-7-6-15(9-19)13(21)20(10(2)3)14(22)17-15/h10H,4-9H2,1-3H3,(H,17,22). The molecule has 1 spiro atoms. The molecule has 0 bridgehead atoms. The van der Waals surface area contributed by atoms with Crippen LogP contribution in [0.15, 0.2) is 4.52 Å². The van der Waals surface area contributed by atoms with E-state index < -0.39 is 5.54 Å². The largest absolute Gasteiger partial charge is 0.338 e. The van der Waals surface area contributed by atoms with Gasteiger partial charge in [0.1, 0.15) is 5.54 Å². The van der Waals surface area contributed by atoms with Crippen LogP contribution >= 0.6 is 0 Å². The van der Waals surface area contributed by atoms with Gasteiger partial charge in [-0.2, -0.15) is 4.98 Å². The summed E-state index contributed by atoms with van der Waals surface area (Å²) in [5, 5.41) is 6.82. The Morgan fingerprint density at radius 1 is 1.39 bits per heavy atom. The first-order chi connectivity index (χ1) is 10.9. The third-order valence-corrected chi connectivity index (χ3v) is 4.40. The van der Waals surface area contributed by atoms with Crippen LogP contribution in [0.3, 0.4) is 0 Å². The van der Waals surface area contributed by atoms with Gasteiger partial charge in [-0.15, -0.1) is 0 Å². The Bertz CT molecular complexity index is 614. The minimum absolute atomic E-state index is 0.128. The van der Waals surface area contributed by atoms with Gasteiger partial charge in [0.2, 0.25) is 5.89 Å². The van der Waals surface area contributed by atoms with E-state index in [2.05, 4.69) is 27.3 Å². The summed E-state index contributed by atoms with van der Waals surface area (Å²) in [4.78, 5) is 32.4. The lowest BCUT2D eigenvalue weighted by atomic mass is 9.99. The number of hydrogen-bond donors (Lipinski definition) is 1. The molecule has 8 heteroatoms. The van der Waals surface area contributed by atoms with Gasteiger partial charge in [-0.1, -0.05) is 12.1 Å². The zero-order valence-corrected chi connectivity index (χ0v) is 13.8. The zero-order chi connectivity index (χ0) is 16.6. The van der Waals surface area contributed by atoms with Gasteiger partial charge in [0.15, 0.2) is 5.82 Å². The van der Waals surface area contributed by atoms with Crippen molar-refractivity contribution in [3.8, 4) is 0 Å². The Labute approximate surface area is 135 Å². The fourth-order valence-corrected chi connectivity index (χ4v) is 3.28. The molecule has 3 heterocycles. The van der Waals surface area contributed by atoms with E-state index >= 15 is 0 Å². The summed E-state index contributed by atoms with van der Waals surface area (Å²) in [5.41, 5.74) is -0.798. The van der Waals surface area contributed by atoms with Gasteiger partial charge in [-0.05, 0) is 26.7 Å². The van der Waals surface area contributed by atoms with Crippen LogP contribution in [0.1, 0.15) is 45.3 Å². The Morgan fingerprint density at radius 2 is 2.17 bits per heavy atom. The maximum atomic E-state index is 12.6. The van der Waals surface area contributed by atoms with E-state index in [1.54, 1.807) is 0 Å². The van der Waals surface area contributed by atoms with E-state index in [0.717, 1.165) is 12.8 Å². The van der Waals surface area contributed by atoms with Crippen LogP contribution in [0.25, 0.3) is 0 Å². The second-order valence-electron chi connectivity index (χ2n) is 6.60. The van der Waals surface area contributed by atoms with Gasteiger partial charge in [0, 0.05) is 25.6 Å². The van der Waals surface area contributed by atoms with Crippen LogP contribution in [0.4, 0.5) is 4.79 Å². The van der Waals surface area contributed by atoms with Crippen molar-refractivity contribution >= 4 is 11.9 Å². The summed E-state index contributed by atoms with van der Waals surface area (Å²) in [6, 6.07) is -0.432. The van der Waals surface area contributed by atoms with Gasteiger partial charge < -0.3 is 9.84 Å². The number of aromatic nitrogens is 2. The van der Waals surface area contributed by atoms with Crippen LogP contribution in [-0.2, 0) is 17.8 Å². The van der Waals surface area contributed by atoms with Crippen molar-refractivity contribution in [2.75, 3.05) is 13.1 Å². The third-order valence-electron chi connectivity index (χ3n) is 4.40. The van der Waals surface area contributed by atoms with Crippen molar-refractivity contribution in [2.45, 2.75) is 58.2 Å². The smallest absolute Gasteiger partial charge is 0.325 e. The predicted octanol–water partition coefficient (Wildman–Crippen LogP) is 0.927. The normalized spacial score (nSPS) is 25.1. The topological polar surface area (TPSA) is 91.6 Å². The molecule has 1 aromatic rings. The molecule has 8 nitrogen and oxygen atoms in total. The monoisotopic (exact) mass is 321 g/mol. The lowest BCUT2D eigenvalue weighted by Gasteiger charge is -2.22. The SMILES string of the molecule is CCCc1noc(CN2CCC3(C2)NC(=O)N(C(C)C)C3=O)n1. The summed E-state index contributed by atoms with van der Waals surface area (Å²) in [6.45, 7) is 7.45. The summed E-state index contributed by atoms with van der Waals surface area (Å²) >= 11 is 0. The fourth-order valence-electron chi connectivity index (χ4n) is 3.28. The number of hydrogen-bond acceptors (Lipinski definition) is 6. The molecule has 1 unspecified atom stereocenters. The molecule has 2 aliphatic heterocycles. The molecule has 1 aromatic heterocycles. The minimum atomic E-state index is -0.798. The van der Waals surface area contributed by atoms with E-state index in [1.165, 1.54) is 4.90 Å². The van der Waals surface area contributed by atoms with Crippen molar-refractivity contribution in [3.05, 3.63) is 11.7 Å². The van der Waals surface area contributed by atoms with Crippen LogP contribution in [-0.4, -0.2) is 56.5 Å². The molecule has 126 valence electrons. The van der Waals surface area contributed by atoms with Crippen LogP contribution in [0.2, 0.25) is 0 Å². The number of nitrogens with zero attached hydrogens (tertiary/aromatic N) is 4. The number of amides is 3. The molecule has 0 aliphatic carbocycles. The minimum Gasteiger partial charge on any atom is -0.338 e. The highest BCUT2D eigenvalue weighted by Gasteiger charge is 2.55. The maximum Gasteiger partial charge on any atom is 0.325 e. The number of carbonyl (C=O) groups excluding carboxylic acids is 2. The van der Waals surface area contributed by atoms with Crippen molar-refractivity contribution in [1.29, 1.82) is 0 Å². The fraction of sp³-hybridized carbons (Fsp3) is 0.733. The molecule has 3 rings (SSSR count). The van der Waals surface area contributed by atoms with Crippen LogP contribution in [0.5, 0.6) is 0 Å². The van der Waals surface area contributed by atoms with Crippen LogP contribution < -0.4 is 5.32 Å². The van der Waals surface area contributed by atoms with E-state index in [0.29, 0.717) is 37.8 Å². The molecule has 2 fully saturated rings. The summed E-state index contributed by atoms with van der Waals surface area (Å²) < 4.78 is 5.25. The first-order valence-corrected chi connectivity index (χ1v) is 8.15. The number of aryl methyl sites for hydroxylation is 1. The lowest BCUT2D eigenvalue weighted by molar-refractivity contribution is -0.132. The van der Waals surface area contributed by atoms with E-state index in [4.69, 9.17) is 4.52 Å². The average molecular weight is 321 g/mol. The number of nitrogens with one attached hydrogen (secondary N) is 1. The van der Waals surface area contributed by atoms with Crippen molar-refractivity contribution in [2.24, 2.45) is 0 Å². The third kappa shape index (κ3) is 2.83. The van der Waals surface area contributed by atoms with Gasteiger partial charge in [-0.25, -0.2) is 4.79 Å². The molecule has 3 amide bonds. The molecule has 0 aromatic carbocycles. The molecule has 2 aliphatic rings. The highest BCUT2D eigenvalue weighted by atomic mass is 16.5. The molecule has 1 N–H and O–H groups in total. The Kier molecular flexibility index (Phi) is 4.09. The lowest BCUT2D eigenvalue weighted by Crippen LogP contribution is -2.49. The second-order valence-corrected chi connectivity index (χ2v) is 6.60. The molecular formula is C15H23N5O3. The molecule has 2 saturated heterocycles. The van der Waals surface area contributed by atoms with Crippen molar-refractivity contribution in [3.63, 3.8) is 0 Å². The highest BCUT2D eigenvalue weighted by Crippen LogP contribution is 2.30. The zero-order valence-electron chi connectivity index (χ0n) is 13.8. The molecule has 0 radical (unpaired) electrons. The number of carbonyl (C=O) groups is 2. The van der Waals surface area contributed by atoms with E-state index in [9.17, 15) is 9.59 Å². The van der Waals surface area contributed by atoms with Gasteiger partial charge in [0.05, 0.1) is 6.54 Å².